The molecule has 0 radical (unpaired) electrons. The number of rotatable bonds is 7. The van der Waals surface area contributed by atoms with Crippen molar-refractivity contribution >= 4 is 28.1 Å². The van der Waals surface area contributed by atoms with Gasteiger partial charge < -0.3 is 13.7 Å². The molecule has 0 spiro atoms. The van der Waals surface area contributed by atoms with Crippen LogP contribution >= 0.6 is 0 Å². The fraction of sp³-hybridized carbons (Fsp3) is 0.0833. The molecule has 1 aliphatic rings. The SMILES string of the molecule is CCOc1ccc(C2=N/C(=C\c3ccccc3OS(=O)(=O)c3ccccc3)C(=O)O2)cc1. The lowest BCUT2D eigenvalue weighted by Crippen LogP contribution is -2.10. The van der Waals surface area contributed by atoms with Crippen LogP contribution in [0, 0.1) is 0 Å². The molecule has 1 aliphatic heterocycles. The number of ether oxygens (including phenoxy) is 2. The molecule has 0 saturated carbocycles. The summed E-state index contributed by atoms with van der Waals surface area (Å²) >= 11 is 0. The second-order valence-corrected chi connectivity index (χ2v) is 8.23. The van der Waals surface area contributed by atoms with Crippen LogP contribution in [0.2, 0.25) is 0 Å². The zero-order valence-corrected chi connectivity index (χ0v) is 17.9. The van der Waals surface area contributed by atoms with Crippen LogP contribution in [0.4, 0.5) is 0 Å². The summed E-state index contributed by atoms with van der Waals surface area (Å²) in [6.07, 6.45) is 1.43. The van der Waals surface area contributed by atoms with Crippen molar-refractivity contribution in [2.24, 2.45) is 4.99 Å². The van der Waals surface area contributed by atoms with E-state index in [1.165, 1.54) is 24.3 Å². The predicted octanol–water partition coefficient (Wildman–Crippen LogP) is 4.20. The molecule has 0 amide bonds. The van der Waals surface area contributed by atoms with Gasteiger partial charge >= 0.3 is 16.1 Å². The van der Waals surface area contributed by atoms with Crippen molar-refractivity contribution in [1.82, 2.24) is 0 Å². The lowest BCUT2D eigenvalue weighted by Gasteiger charge is -2.09. The highest BCUT2D eigenvalue weighted by molar-refractivity contribution is 7.87. The summed E-state index contributed by atoms with van der Waals surface area (Å²) in [6, 6.07) is 21.3. The average Bonchev–Trinajstić information content (AvgIpc) is 3.16. The molecular weight excluding hydrogens is 430 g/mol. The Kier molecular flexibility index (Phi) is 6.04. The van der Waals surface area contributed by atoms with Gasteiger partial charge in [-0.2, -0.15) is 8.42 Å². The number of carbonyl (C=O) groups excluding carboxylic acids is 1. The fourth-order valence-electron chi connectivity index (χ4n) is 2.97. The number of para-hydroxylation sites is 1. The van der Waals surface area contributed by atoms with Crippen molar-refractivity contribution in [2.45, 2.75) is 11.8 Å². The van der Waals surface area contributed by atoms with Crippen LogP contribution in [0.15, 0.2) is 94.4 Å². The summed E-state index contributed by atoms with van der Waals surface area (Å²) in [6.45, 7) is 2.43. The summed E-state index contributed by atoms with van der Waals surface area (Å²) in [5.74, 6) is 0.276. The molecule has 4 rings (SSSR count). The van der Waals surface area contributed by atoms with Crippen molar-refractivity contribution in [2.75, 3.05) is 6.61 Å². The van der Waals surface area contributed by atoms with Crippen LogP contribution < -0.4 is 8.92 Å². The Hall–Kier alpha value is -3.91. The number of nitrogens with zero attached hydrogens (tertiary/aromatic N) is 1. The minimum absolute atomic E-state index is 0.0264. The van der Waals surface area contributed by atoms with E-state index in [0.717, 1.165) is 0 Å². The number of benzene rings is 3. The van der Waals surface area contributed by atoms with Gasteiger partial charge in [0.15, 0.2) is 5.70 Å². The first-order valence-electron chi connectivity index (χ1n) is 9.80. The molecule has 0 aromatic heterocycles. The molecule has 162 valence electrons. The number of carbonyl (C=O) groups is 1. The average molecular weight is 449 g/mol. The van der Waals surface area contributed by atoms with Gasteiger partial charge in [-0.15, -0.1) is 0 Å². The molecule has 3 aromatic carbocycles. The number of cyclic esters (lactones) is 1. The van der Waals surface area contributed by atoms with Crippen molar-refractivity contribution in [1.29, 1.82) is 0 Å². The Bertz CT molecular complexity index is 1300. The van der Waals surface area contributed by atoms with Gasteiger partial charge in [-0.05, 0) is 55.5 Å². The largest absolute Gasteiger partial charge is 0.494 e. The molecule has 1 heterocycles. The normalized spacial score (nSPS) is 14.7. The Morgan fingerprint density at radius 2 is 1.62 bits per heavy atom. The summed E-state index contributed by atoms with van der Waals surface area (Å²) in [4.78, 5) is 16.7. The Balaban J connectivity index is 1.62. The summed E-state index contributed by atoms with van der Waals surface area (Å²) in [5.41, 5.74) is 1.01. The second kappa shape index (κ2) is 9.07. The number of hydrogen-bond acceptors (Lipinski definition) is 7. The fourth-order valence-corrected chi connectivity index (χ4v) is 3.94. The first-order valence-corrected chi connectivity index (χ1v) is 11.2. The quantitative estimate of drug-likeness (QED) is 0.305. The van der Waals surface area contributed by atoms with Crippen LogP contribution in [0.3, 0.4) is 0 Å². The molecule has 0 fully saturated rings. The van der Waals surface area contributed by atoms with Crippen LogP contribution in [-0.2, 0) is 19.6 Å². The van der Waals surface area contributed by atoms with E-state index in [9.17, 15) is 13.2 Å². The Morgan fingerprint density at radius 3 is 2.34 bits per heavy atom. The summed E-state index contributed by atoms with van der Waals surface area (Å²) in [7, 11) is -4.04. The number of aliphatic imine (C=N–C) groups is 1. The smallest absolute Gasteiger partial charge is 0.363 e. The van der Waals surface area contributed by atoms with Gasteiger partial charge in [-0.25, -0.2) is 9.79 Å². The van der Waals surface area contributed by atoms with E-state index in [-0.39, 0.29) is 22.2 Å². The standard InChI is InChI=1S/C24H19NO6S/c1-2-29-19-14-12-17(13-15-19)23-25-21(24(26)30-23)16-18-8-6-7-11-22(18)31-32(27,28)20-9-4-3-5-10-20/h3-16H,2H2,1H3/b21-16-. The second-order valence-electron chi connectivity index (χ2n) is 6.68. The van der Waals surface area contributed by atoms with Gasteiger partial charge in [0.1, 0.15) is 16.4 Å². The minimum Gasteiger partial charge on any atom is -0.494 e. The monoisotopic (exact) mass is 449 g/mol. The maximum atomic E-state index is 12.6. The maximum Gasteiger partial charge on any atom is 0.363 e. The van der Waals surface area contributed by atoms with Crippen LogP contribution in [0.5, 0.6) is 11.5 Å². The van der Waals surface area contributed by atoms with Gasteiger partial charge in [-0.1, -0.05) is 36.4 Å². The zero-order valence-electron chi connectivity index (χ0n) is 17.1. The highest BCUT2D eigenvalue weighted by Crippen LogP contribution is 2.27. The zero-order chi connectivity index (χ0) is 22.6. The third-order valence-corrected chi connectivity index (χ3v) is 5.72. The minimum atomic E-state index is -4.04. The molecule has 0 unspecified atom stereocenters. The Labute approximate surface area is 185 Å². The van der Waals surface area contributed by atoms with Gasteiger partial charge in [0, 0.05) is 11.1 Å². The lowest BCUT2D eigenvalue weighted by molar-refractivity contribution is -0.129. The lowest BCUT2D eigenvalue weighted by atomic mass is 10.1. The van der Waals surface area contributed by atoms with Gasteiger partial charge in [0.25, 0.3) is 0 Å². The molecule has 32 heavy (non-hydrogen) atoms. The van der Waals surface area contributed by atoms with E-state index in [0.29, 0.717) is 23.5 Å². The van der Waals surface area contributed by atoms with Gasteiger partial charge in [0.05, 0.1) is 6.61 Å². The third kappa shape index (κ3) is 4.70. The van der Waals surface area contributed by atoms with Gasteiger partial charge in [-0.3, -0.25) is 0 Å². The highest BCUT2D eigenvalue weighted by atomic mass is 32.2. The highest BCUT2D eigenvalue weighted by Gasteiger charge is 2.25. The topological polar surface area (TPSA) is 91.3 Å². The van der Waals surface area contributed by atoms with Crippen LogP contribution in [0.1, 0.15) is 18.1 Å². The van der Waals surface area contributed by atoms with E-state index < -0.39 is 16.1 Å². The first-order chi connectivity index (χ1) is 15.5. The molecule has 0 atom stereocenters. The molecule has 8 heteroatoms. The third-order valence-electron chi connectivity index (χ3n) is 4.48. The van der Waals surface area contributed by atoms with E-state index >= 15 is 0 Å². The van der Waals surface area contributed by atoms with Gasteiger partial charge in [0.2, 0.25) is 5.90 Å². The van der Waals surface area contributed by atoms with E-state index in [1.807, 2.05) is 6.92 Å². The first kappa shape index (κ1) is 21.3. The number of esters is 1. The molecule has 7 nitrogen and oxygen atoms in total. The Morgan fingerprint density at radius 1 is 0.938 bits per heavy atom. The number of hydrogen-bond donors (Lipinski definition) is 0. The van der Waals surface area contributed by atoms with Crippen molar-refractivity contribution in [3.05, 3.63) is 95.7 Å². The van der Waals surface area contributed by atoms with E-state index in [4.69, 9.17) is 13.7 Å². The maximum absolute atomic E-state index is 12.6. The van der Waals surface area contributed by atoms with Crippen molar-refractivity contribution in [3.63, 3.8) is 0 Å². The summed E-state index contributed by atoms with van der Waals surface area (Å²) < 4.78 is 41.2. The van der Waals surface area contributed by atoms with Crippen LogP contribution in [0.25, 0.3) is 6.08 Å². The molecule has 0 saturated heterocycles. The van der Waals surface area contributed by atoms with Crippen molar-refractivity contribution < 1.29 is 26.9 Å². The molecule has 0 aliphatic carbocycles. The predicted molar refractivity (Wildman–Crippen MR) is 119 cm³/mol. The molecule has 0 bridgehead atoms. The molecule has 3 aromatic rings. The molecular formula is C24H19NO6S. The van der Waals surface area contributed by atoms with E-state index in [1.54, 1.807) is 60.7 Å². The van der Waals surface area contributed by atoms with E-state index in [2.05, 4.69) is 4.99 Å². The molecule has 0 N–H and O–H groups in total. The van der Waals surface area contributed by atoms with Crippen LogP contribution in [-0.4, -0.2) is 26.9 Å². The summed E-state index contributed by atoms with van der Waals surface area (Å²) in [5, 5.41) is 0. The van der Waals surface area contributed by atoms with Crippen molar-refractivity contribution in [3.8, 4) is 11.5 Å².